The molecule has 0 N–H and O–H groups in total. The van der Waals surface area contributed by atoms with Gasteiger partial charge in [-0.05, 0) is 0 Å². The summed E-state index contributed by atoms with van der Waals surface area (Å²) in [6, 6.07) is 0. The molecular weight excluding hydrogens is 117 g/mol. The topological polar surface area (TPSA) is 23.1 Å². The first-order chi connectivity index (χ1) is 2.41. The minimum Gasteiger partial charge on any atom is -0.857 e. The van der Waals surface area contributed by atoms with Gasteiger partial charge in [-0.25, -0.2) is 0 Å². The Morgan fingerprint density at radius 1 is 1.60 bits per heavy atom. The van der Waals surface area contributed by atoms with Crippen molar-refractivity contribution in [2.24, 2.45) is 0 Å². The van der Waals surface area contributed by atoms with E-state index in [-0.39, 0.29) is 0 Å². The molecule has 0 amide bonds. The summed E-state index contributed by atoms with van der Waals surface area (Å²) in [6.45, 7) is 2.18. The molecule has 0 radical (unpaired) electrons. The van der Waals surface area contributed by atoms with E-state index in [1.54, 1.807) is 0 Å². The van der Waals surface area contributed by atoms with Gasteiger partial charge in [0.2, 0.25) is 0 Å². The van der Waals surface area contributed by atoms with Gasteiger partial charge in [0, 0.05) is 0 Å². The summed E-state index contributed by atoms with van der Waals surface area (Å²) >= 11 is 1.44. The van der Waals surface area contributed by atoms with Crippen LogP contribution in [0.15, 0.2) is 0 Å². The van der Waals surface area contributed by atoms with Crippen molar-refractivity contribution in [1.29, 1.82) is 0 Å². The van der Waals surface area contributed by atoms with Gasteiger partial charge < -0.3 is 5.11 Å². The Labute approximate surface area is 43.1 Å². The van der Waals surface area contributed by atoms with Crippen LogP contribution in [-0.4, -0.2) is 7.11 Å². The molecule has 28 valence electrons. The van der Waals surface area contributed by atoms with Crippen LogP contribution < -0.4 is 5.11 Å². The zero-order chi connectivity index (χ0) is 4.71. The van der Waals surface area contributed by atoms with Crippen LogP contribution in [0, 0.1) is 0 Å². The van der Waals surface area contributed by atoms with Crippen molar-refractivity contribution in [3.63, 3.8) is 0 Å². The molecule has 0 fully saturated rings. The Balaban J connectivity index is 0. The van der Waals surface area contributed by atoms with Crippen molar-refractivity contribution < 1.29 is 23.4 Å². The van der Waals surface area contributed by atoms with Gasteiger partial charge in [-0.1, -0.05) is 0 Å². The summed E-state index contributed by atoms with van der Waals surface area (Å²) < 4.78 is 0. The van der Waals surface area contributed by atoms with Gasteiger partial charge >= 0.3 is 30.2 Å². The maximum absolute atomic E-state index is 8.25. The van der Waals surface area contributed by atoms with Crippen LogP contribution in [0.3, 0.4) is 0 Å². The van der Waals surface area contributed by atoms with Crippen LogP contribution in [-0.2, 0) is 18.3 Å². The van der Waals surface area contributed by atoms with Crippen molar-refractivity contribution in [2.75, 3.05) is 7.11 Å². The van der Waals surface area contributed by atoms with E-state index in [1.165, 1.54) is 23.3 Å². The second-order valence-corrected chi connectivity index (χ2v) is 2.60. The van der Waals surface area contributed by atoms with Crippen molar-refractivity contribution >= 4 is 0 Å². The molecule has 0 aliphatic heterocycles. The first-order valence-corrected chi connectivity index (χ1v) is 3.71. The quantitative estimate of drug-likeness (QED) is 0.416. The van der Waals surface area contributed by atoms with Gasteiger partial charge in [0.25, 0.3) is 0 Å². The fourth-order valence-corrected chi connectivity index (χ4v) is 0. The smallest absolute Gasteiger partial charge is 0.153 e. The molecule has 0 unspecified atom stereocenters. The van der Waals surface area contributed by atoms with Gasteiger partial charge in [-0.3, -0.25) is 0 Å². The van der Waals surface area contributed by atoms with Crippen LogP contribution in [0.1, 0.15) is 6.92 Å². The van der Waals surface area contributed by atoms with E-state index < -0.39 is 0 Å². The molecule has 0 saturated heterocycles. The van der Waals surface area contributed by atoms with Gasteiger partial charge in [-0.2, -0.15) is 7.11 Å². The standard InChI is InChI=1S/C2H5.CH3O.Zn/c2*1-2;/h1H2,2H3;1H3;/q;-1;+1. The SMILES string of the molecule is C[CH2][Zn+].C[O-]. The predicted octanol–water partition coefficient (Wildman–Crippen LogP) is -0.0521. The first-order valence-electron chi connectivity index (χ1n) is 1.62. The summed E-state index contributed by atoms with van der Waals surface area (Å²) in [6.07, 6.45) is 0. The molecule has 0 spiro atoms. The first kappa shape index (κ1) is 9.13. The van der Waals surface area contributed by atoms with E-state index in [4.69, 9.17) is 5.11 Å². The number of rotatable bonds is 0. The van der Waals surface area contributed by atoms with Gasteiger partial charge in [0.1, 0.15) is 0 Å². The zero-order valence-electron chi connectivity index (χ0n) is 3.82. The molecule has 0 aromatic carbocycles. The van der Waals surface area contributed by atoms with Gasteiger partial charge in [-0.15, -0.1) is 0 Å². The Hall–Kier alpha value is 0.583. The van der Waals surface area contributed by atoms with Crippen molar-refractivity contribution in [2.45, 2.75) is 11.9 Å². The fourth-order valence-electron chi connectivity index (χ4n) is 0. The normalized spacial score (nSPS) is 5.00. The maximum atomic E-state index is 8.25. The van der Waals surface area contributed by atoms with Crippen LogP contribution >= 0.6 is 0 Å². The Morgan fingerprint density at radius 2 is 1.60 bits per heavy atom. The molecule has 0 aromatic rings. The average molecular weight is 125 g/mol. The van der Waals surface area contributed by atoms with E-state index >= 15 is 0 Å². The second kappa shape index (κ2) is 23.5. The third-order valence-corrected chi connectivity index (χ3v) is 0. The summed E-state index contributed by atoms with van der Waals surface area (Å²) in [7, 11) is 0.750. The van der Waals surface area contributed by atoms with E-state index in [9.17, 15) is 0 Å². The largest absolute Gasteiger partial charge is 0.857 e. The summed E-state index contributed by atoms with van der Waals surface area (Å²) in [5, 5.41) is 9.62. The average Bonchev–Trinajstić information content (AvgIpc) is 1.46. The fraction of sp³-hybridized carbons (Fsp3) is 1.00. The maximum Gasteiger partial charge on any atom is -0.153 e. The van der Waals surface area contributed by atoms with E-state index in [0.717, 1.165) is 7.11 Å². The molecule has 2 heteroatoms. The number of hydrogen-bond donors (Lipinski definition) is 0. The Morgan fingerprint density at radius 3 is 1.60 bits per heavy atom. The zero-order valence-corrected chi connectivity index (χ0v) is 6.79. The minimum atomic E-state index is 0.750. The monoisotopic (exact) mass is 124 g/mol. The number of hydrogen-bond acceptors (Lipinski definition) is 1. The van der Waals surface area contributed by atoms with Crippen LogP contribution in [0.2, 0.25) is 5.02 Å². The molecule has 5 heavy (non-hydrogen) atoms. The molecule has 0 saturated carbocycles. The van der Waals surface area contributed by atoms with E-state index in [0.29, 0.717) is 0 Å². The minimum absolute atomic E-state index is 0.750. The summed E-state index contributed by atoms with van der Waals surface area (Å²) in [4.78, 5) is 0. The van der Waals surface area contributed by atoms with Gasteiger partial charge in [0.15, 0.2) is 0 Å². The van der Waals surface area contributed by atoms with E-state index in [1.807, 2.05) is 0 Å². The predicted molar refractivity (Wildman–Crippen MR) is 16.4 cm³/mol. The van der Waals surface area contributed by atoms with Crippen molar-refractivity contribution in [3.8, 4) is 0 Å². The van der Waals surface area contributed by atoms with Crippen LogP contribution in [0.4, 0.5) is 0 Å². The van der Waals surface area contributed by atoms with Crippen molar-refractivity contribution in [3.05, 3.63) is 0 Å². The Bertz CT molecular complexity index is 6.85. The van der Waals surface area contributed by atoms with E-state index in [2.05, 4.69) is 6.92 Å². The summed E-state index contributed by atoms with van der Waals surface area (Å²) in [5.41, 5.74) is 0. The van der Waals surface area contributed by atoms with Crippen LogP contribution in [0.5, 0.6) is 0 Å². The molecular formula is C3H8OZn. The molecule has 0 aliphatic rings. The molecule has 1 nitrogen and oxygen atoms in total. The third kappa shape index (κ3) is 89.9. The Kier molecular flexibility index (Phi) is 42.9. The molecule has 0 atom stereocenters. The van der Waals surface area contributed by atoms with Crippen molar-refractivity contribution in [1.82, 2.24) is 0 Å². The summed E-state index contributed by atoms with van der Waals surface area (Å²) in [5.74, 6) is 0. The molecule has 0 aromatic heterocycles. The molecule has 0 heterocycles. The molecule has 0 rings (SSSR count). The third-order valence-electron chi connectivity index (χ3n) is 0. The second-order valence-electron chi connectivity index (χ2n) is 0.500. The van der Waals surface area contributed by atoms with Gasteiger partial charge in [0.05, 0.1) is 0 Å². The van der Waals surface area contributed by atoms with Crippen LogP contribution in [0.25, 0.3) is 0 Å². The molecule has 0 bridgehead atoms. The molecule has 0 aliphatic carbocycles.